The van der Waals surface area contributed by atoms with Gasteiger partial charge in [0.25, 0.3) is 0 Å². The molecule has 0 aliphatic carbocycles. The van der Waals surface area contributed by atoms with Crippen molar-refractivity contribution < 1.29 is 4.79 Å². The summed E-state index contributed by atoms with van der Waals surface area (Å²) in [5, 5.41) is 0. The van der Waals surface area contributed by atoms with Crippen molar-refractivity contribution in [2.45, 2.75) is 75.1 Å². The summed E-state index contributed by atoms with van der Waals surface area (Å²) in [6.07, 6.45) is 1.97. The van der Waals surface area contributed by atoms with Crippen LogP contribution in [-0.2, 0) is 4.79 Å². The van der Waals surface area contributed by atoms with Gasteiger partial charge in [0.05, 0.1) is 5.68 Å². The maximum atomic E-state index is 12.5. The molecule has 0 aromatic rings. The van der Waals surface area contributed by atoms with Gasteiger partial charge in [0.1, 0.15) is 0 Å². The Balaban J connectivity index is 4.73. The van der Waals surface area contributed by atoms with E-state index >= 15 is 0 Å². The molecule has 0 N–H and O–H groups in total. The van der Waals surface area contributed by atoms with Crippen molar-refractivity contribution in [2.24, 2.45) is 22.2 Å². The average Bonchev–Trinajstić information content (AvgIpc) is 2.06. The molecule has 0 saturated heterocycles. The first-order valence-electron chi connectivity index (χ1n) is 7.25. The Labute approximate surface area is 115 Å². The van der Waals surface area contributed by atoms with Crippen molar-refractivity contribution >= 4 is 13.0 Å². The van der Waals surface area contributed by atoms with Crippen molar-refractivity contribution in [1.82, 2.24) is 0 Å². The summed E-state index contributed by atoms with van der Waals surface area (Å²) in [4.78, 5) is 12.5. The van der Waals surface area contributed by atoms with Crippen LogP contribution < -0.4 is 0 Å². The SMILES string of the molecule is CC(C)(C)CBC(=O)C(CC(C)(C)C)C(C)(C)C. The molecule has 0 bridgehead atoms. The lowest BCUT2D eigenvalue weighted by Gasteiger charge is -2.35. The van der Waals surface area contributed by atoms with Gasteiger partial charge in [-0.1, -0.05) is 68.6 Å². The fraction of sp³-hybridized carbons (Fsp3) is 0.938. The van der Waals surface area contributed by atoms with Crippen LogP contribution in [0.4, 0.5) is 0 Å². The molecule has 0 rings (SSSR count). The summed E-state index contributed by atoms with van der Waals surface area (Å²) in [5.41, 5.74) is 0.990. The van der Waals surface area contributed by atoms with Crippen LogP contribution in [0.3, 0.4) is 0 Å². The monoisotopic (exact) mass is 252 g/mol. The van der Waals surface area contributed by atoms with Gasteiger partial charge in [0, 0.05) is 5.92 Å². The lowest BCUT2D eigenvalue weighted by Crippen LogP contribution is -2.36. The topological polar surface area (TPSA) is 17.1 Å². The molecule has 0 heterocycles. The van der Waals surface area contributed by atoms with Gasteiger partial charge in [0.15, 0.2) is 0 Å². The minimum atomic E-state index is 0.0717. The fourth-order valence-corrected chi connectivity index (χ4v) is 2.19. The molecule has 0 amide bonds. The highest BCUT2D eigenvalue weighted by Crippen LogP contribution is 2.36. The summed E-state index contributed by atoms with van der Waals surface area (Å²) in [6, 6.07) is 0. The summed E-state index contributed by atoms with van der Waals surface area (Å²) in [7, 11) is 0.724. The molecular weight excluding hydrogens is 219 g/mol. The van der Waals surface area contributed by atoms with Crippen LogP contribution in [0.2, 0.25) is 6.32 Å². The first kappa shape index (κ1) is 17.7. The highest BCUT2D eigenvalue weighted by molar-refractivity contribution is 6.74. The average molecular weight is 252 g/mol. The minimum absolute atomic E-state index is 0.0717. The molecule has 0 aromatic heterocycles. The molecule has 1 unspecified atom stereocenters. The molecule has 0 radical (unpaired) electrons. The first-order valence-corrected chi connectivity index (χ1v) is 7.25. The third-order valence-electron chi connectivity index (χ3n) is 3.37. The molecule has 1 nitrogen and oxygen atoms in total. The second-order valence-electron chi connectivity index (χ2n) is 9.21. The van der Waals surface area contributed by atoms with E-state index in [0.717, 1.165) is 20.0 Å². The summed E-state index contributed by atoms with van der Waals surface area (Å²) >= 11 is 0. The van der Waals surface area contributed by atoms with Crippen LogP contribution in [-0.4, -0.2) is 13.0 Å². The van der Waals surface area contributed by atoms with E-state index in [1.54, 1.807) is 0 Å². The second-order valence-corrected chi connectivity index (χ2v) is 9.21. The molecule has 0 aromatic carbocycles. The van der Waals surface area contributed by atoms with Gasteiger partial charge >= 0.3 is 0 Å². The van der Waals surface area contributed by atoms with Gasteiger partial charge in [-0.3, -0.25) is 0 Å². The van der Waals surface area contributed by atoms with Gasteiger partial charge in [-0.15, -0.1) is 0 Å². The summed E-state index contributed by atoms with van der Waals surface area (Å²) in [5.74, 6) is 0.180. The number of hydrogen-bond acceptors (Lipinski definition) is 1. The van der Waals surface area contributed by atoms with Crippen LogP contribution in [0.25, 0.3) is 0 Å². The van der Waals surface area contributed by atoms with Gasteiger partial charge < -0.3 is 4.79 Å². The van der Waals surface area contributed by atoms with Crippen LogP contribution >= 0.6 is 0 Å². The molecule has 106 valence electrons. The smallest absolute Gasteiger partial charge is 0.206 e. The quantitative estimate of drug-likeness (QED) is 0.672. The third kappa shape index (κ3) is 7.95. The van der Waals surface area contributed by atoms with E-state index in [4.69, 9.17) is 0 Å². The lowest BCUT2D eigenvalue weighted by molar-refractivity contribution is -0.119. The number of hydrogen-bond donors (Lipinski definition) is 0. The maximum Gasteiger partial charge on any atom is 0.206 e. The molecule has 0 saturated carbocycles. The number of carbonyl (C=O) groups is 1. The van der Waals surface area contributed by atoms with E-state index in [1.807, 2.05) is 0 Å². The maximum absolute atomic E-state index is 12.5. The van der Waals surface area contributed by atoms with E-state index in [9.17, 15) is 4.79 Å². The molecule has 0 fully saturated rings. The zero-order valence-corrected chi connectivity index (χ0v) is 14.1. The van der Waals surface area contributed by atoms with Crippen molar-refractivity contribution in [3.63, 3.8) is 0 Å². The predicted octanol–water partition coefficient (Wildman–Crippen LogP) is 4.51. The summed E-state index contributed by atoms with van der Waals surface area (Å²) < 4.78 is 0. The van der Waals surface area contributed by atoms with Gasteiger partial charge in [-0.2, -0.15) is 0 Å². The largest absolute Gasteiger partial charge is 0.311 e. The Bertz CT molecular complexity index is 273. The normalized spacial score (nSPS) is 15.4. The first-order chi connectivity index (χ1) is 7.72. The van der Waals surface area contributed by atoms with Crippen LogP contribution in [0.5, 0.6) is 0 Å². The third-order valence-corrected chi connectivity index (χ3v) is 3.37. The molecule has 18 heavy (non-hydrogen) atoms. The number of carbonyl (C=O) groups excluding carboxylic acids is 1. The van der Waals surface area contributed by atoms with Crippen LogP contribution in [0, 0.1) is 22.2 Å². The Hall–Kier alpha value is -0.265. The molecular formula is C16H33BO. The Morgan fingerprint density at radius 1 is 0.889 bits per heavy atom. The Kier molecular flexibility index (Phi) is 5.71. The van der Waals surface area contributed by atoms with Crippen molar-refractivity contribution in [3.05, 3.63) is 0 Å². The van der Waals surface area contributed by atoms with E-state index in [-0.39, 0.29) is 22.2 Å². The van der Waals surface area contributed by atoms with Crippen LogP contribution in [0.1, 0.15) is 68.7 Å². The van der Waals surface area contributed by atoms with Gasteiger partial charge in [0.2, 0.25) is 7.28 Å². The molecule has 0 aliphatic rings. The second kappa shape index (κ2) is 5.80. The van der Waals surface area contributed by atoms with Crippen molar-refractivity contribution in [3.8, 4) is 0 Å². The van der Waals surface area contributed by atoms with Gasteiger partial charge in [-0.25, -0.2) is 0 Å². The molecule has 2 heteroatoms. The van der Waals surface area contributed by atoms with E-state index in [0.29, 0.717) is 5.68 Å². The molecule has 0 spiro atoms. The highest BCUT2D eigenvalue weighted by Gasteiger charge is 2.34. The zero-order chi connectivity index (χ0) is 14.8. The standard InChI is InChI=1S/C16H33BO/c1-14(2,3)10-12(16(7,8)9)13(18)17-11-15(4,5)6/h12,17H,10-11H2,1-9H3. The van der Waals surface area contributed by atoms with Gasteiger partial charge in [-0.05, 0) is 22.7 Å². The lowest BCUT2D eigenvalue weighted by atomic mass is 9.54. The molecule has 0 aliphatic heterocycles. The zero-order valence-electron chi connectivity index (χ0n) is 14.1. The van der Waals surface area contributed by atoms with E-state index in [1.165, 1.54) is 0 Å². The number of rotatable bonds is 4. The highest BCUT2D eigenvalue weighted by atomic mass is 16.1. The van der Waals surface area contributed by atoms with E-state index in [2.05, 4.69) is 62.3 Å². The predicted molar refractivity (Wildman–Crippen MR) is 83.4 cm³/mol. The van der Waals surface area contributed by atoms with E-state index < -0.39 is 0 Å². The van der Waals surface area contributed by atoms with Crippen molar-refractivity contribution in [2.75, 3.05) is 0 Å². The summed E-state index contributed by atoms with van der Waals surface area (Å²) in [6.45, 7) is 19.9. The molecule has 1 atom stereocenters. The van der Waals surface area contributed by atoms with Crippen LogP contribution in [0.15, 0.2) is 0 Å². The Morgan fingerprint density at radius 3 is 1.61 bits per heavy atom. The fourth-order valence-electron chi connectivity index (χ4n) is 2.19. The van der Waals surface area contributed by atoms with Crippen molar-refractivity contribution in [1.29, 1.82) is 0 Å². The Morgan fingerprint density at radius 2 is 1.33 bits per heavy atom. The minimum Gasteiger partial charge on any atom is -0.311 e.